The zero-order valence-corrected chi connectivity index (χ0v) is 19.1. The Kier molecular flexibility index (Phi) is 5.57. The number of piperazine rings is 1. The molecule has 1 saturated heterocycles. The van der Waals surface area contributed by atoms with Crippen LogP contribution >= 0.6 is 11.3 Å². The molecule has 0 unspecified atom stereocenters. The highest BCUT2D eigenvalue weighted by molar-refractivity contribution is 7.09. The Hall–Kier alpha value is -3.32. The van der Waals surface area contributed by atoms with Gasteiger partial charge in [0.15, 0.2) is 0 Å². The van der Waals surface area contributed by atoms with Crippen molar-refractivity contribution in [1.29, 1.82) is 0 Å². The van der Waals surface area contributed by atoms with Crippen LogP contribution in [0.5, 0.6) is 0 Å². The Morgan fingerprint density at radius 2 is 1.84 bits per heavy atom. The van der Waals surface area contributed by atoms with Crippen LogP contribution < -0.4 is 4.90 Å². The van der Waals surface area contributed by atoms with Crippen molar-refractivity contribution in [3.8, 4) is 11.4 Å². The van der Waals surface area contributed by atoms with Gasteiger partial charge in [0, 0.05) is 42.9 Å². The van der Waals surface area contributed by atoms with Gasteiger partial charge in [-0.05, 0) is 44.2 Å². The van der Waals surface area contributed by atoms with Gasteiger partial charge < -0.3 is 18.8 Å². The van der Waals surface area contributed by atoms with Gasteiger partial charge in [-0.3, -0.25) is 4.79 Å². The number of carbonyl (C=O) groups is 1. The smallest absolute Gasteiger partial charge is 0.255 e. The van der Waals surface area contributed by atoms with Crippen LogP contribution in [0.15, 0.2) is 64.6 Å². The van der Waals surface area contributed by atoms with E-state index < -0.39 is 0 Å². The Morgan fingerprint density at radius 1 is 1.06 bits per heavy atom. The molecule has 0 aliphatic carbocycles. The van der Waals surface area contributed by atoms with E-state index in [4.69, 9.17) is 4.42 Å². The van der Waals surface area contributed by atoms with Gasteiger partial charge in [0.25, 0.3) is 5.91 Å². The second kappa shape index (κ2) is 8.67. The average molecular weight is 447 g/mol. The van der Waals surface area contributed by atoms with Gasteiger partial charge in [0.1, 0.15) is 5.76 Å². The van der Waals surface area contributed by atoms with Gasteiger partial charge in [-0.25, -0.2) is 4.98 Å². The Bertz CT molecular complexity index is 1200. The lowest BCUT2D eigenvalue weighted by atomic mass is 10.1. The SMILES string of the molecule is Cc1nc(-c2cc(C(=O)N3CCN(c4ccccc4)CC3)c(C)n2Cc2ccco2)cs1. The molecular weight excluding hydrogens is 420 g/mol. The van der Waals surface area contributed by atoms with Crippen LogP contribution in [0.1, 0.15) is 26.8 Å². The molecule has 1 aromatic carbocycles. The number of hydrogen-bond acceptors (Lipinski definition) is 5. The molecular formula is C25H26N4O2S. The topological polar surface area (TPSA) is 54.5 Å². The van der Waals surface area contributed by atoms with Gasteiger partial charge in [0.2, 0.25) is 0 Å². The van der Waals surface area contributed by atoms with Gasteiger partial charge >= 0.3 is 0 Å². The second-order valence-corrected chi connectivity index (χ2v) is 9.12. The van der Waals surface area contributed by atoms with Crippen LogP contribution in [0.2, 0.25) is 0 Å². The number of furan rings is 1. The highest BCUT2D eigenvalue weighted by Crippen LogP contribution is 2.29. The Morgan fingerprint density at radius 3 is 2.50 bits per heavy atom. The quantitative estimate of drug-likeness (QED) is 0.441. The molecule has 0 atom stereocenters. The maximum absolute atomic E-state index is 13.5. The minimum absolute atomic E-state index is 0.0848. The lowest BCUT2D eigenvalue weighted by Crippen LogP contribution is -2.48. The van der Waals surface area contributed by atoms with E-state index in [1.807, 2.05) is 43.0 Å². The van der Waals surface area contributed by atoms with Crippen LogP contribution in [0.3, 0.4) is 0 Å². The number of benzene rings is 1. The molecule has 3 aromatic heterocycles. The number of carbonyl (C=O) groups excluding carboxylic acids is 1. The predicted octanol–water partition coefficient (Wildman–Crippen LogP) is 4.83. The second-order valence-electron chi connectivity index (χ2n) is 8.06. The highest BCUT2D eigenvalue weighted by atomic mass is 32.1. The number of para-hydroxylation sites is 1. The molecule has 6 nitrogen and oxygen atoms in total. The summed E-state index contributed by atoms with van der Waals surface area (Å²) in [7, 11) is 0. The number of anilines is 1. The molecule has 0 saturated carbocycles. The summed E-state index contributed by atoms with van der Waals surface area (Å²) in [5.41, 5.74) is 4.74. The van der Waals surface area contributed by atoms with Crippen LogP contribution in [0.4, 0.5) is 5.69 Å². The molecule has 0 bridgehead atoms. The molecule has 0 radical (unpaired) electrons. The third kappa shape index (κ3) is 3.96. The summed E-state index contributed by atoms with van der Waals surface area (Å²) in [5.74, 6) is 0.939. The Balaban J connectivity index is 1.40. The first-order valence-electron chi connectivity index (χ1n) is 10.8. The number of aryl methyl sites for hydroxylation is 1. The van der Waals surface area contributed by atoms with E-state index in [1.165, 1.54) is 5.69 Å². The number of hydrogen-bond donors (Lipinski definition) is 0. The average Bonchev–Trinajstić information content (AvgIpc) is 3.56. The third-order valence-corrected chi connectivity index (χ3v) is 6.83. The van der Waals surface area contributed by atoms with Crippen molar-refractivity contribution in [3.63, 3.8) is 0 Å². The number of thiazole rings is 1. The molecule has 164 valence electrons. The molecule has 1 aliphatic rings. The van der Waals surface area contributed by atoms with Gasteiger partial charge in [-0.1, -0.05) is 18.2 Å². The van der Waals surface area contributed by atoms with Crippen molar-refractivity contribution in [2.45, 2.75) is 20.4 Å². The number of aromatic nitrogens is 2. The van der Waals surface area contributed by atoms with E-state index in [-0.39, 0.29) is 5.91 Å². The zero-order valence-electron chi connectivity index (χ0n) is 18.3. The standard InChI is InChI=1S/C25H26N4O2S/c1-18-22(25(30)28-12-10-27(11-13-28)20-7-4-3-5-8-20)15-24(23-17-32-19(2)26-23)29(18)16-21-9-6-14-31-21/h3-9,14-15,17H,10-13,16H2,1-2H3. The van der Waals surface area contributed by atoms with Crippen molar-refractivity contribution in [1.82, 2.24) is 14.5 Å². The summed E-state index contributed by atoms with van der Waals surface area (Å²) in [6, 6.07) is 16.2. The number of amides is 1. The first-order chi connectivity index (χ1) is 15.6. The van der Waals surface area contributed by atoms with Crippen LogP contribution in [-0.4, -0.2) is 46.5 Å². The van der Waals surface area contributed by atoms with E-state index >= 15 is 0 Å². The summed E-state index contributed by atoms with van der Waals surface area (Å²) in [4.78, 5) is 22.5. The molecule has 5 rings (SSSR count). The number of nitrogens with zero attached hydrogens (tertiary/aromatic N) is 4. The fourth-order valence-corrected chi connectivity index (χ4v) is 4.90. The maximum atomic E-state index is 13.5. The summed E-state index contributed by atoms with van der Waals surface area (Å²) >= 11 is 1.62. The van der Waals surface area contributed by atoms with E-state index in [0.717, 1.165) is 46.5 Å². The first-order valence-corrected chi connectivity index (χ1v) is 11.7. The minimum atomic E-state index is 0.0848. The molecule has 0 spiro atoms. The van der Waals surface area contributed by atoms with Crippen molar-refractivity contribution in [2.75, 3.05) is 31.1 Å². The van der Waals surface area contributed by atoms with Crippen molar-refractivity contribution < 1.29 is 9.21 Å². The van der Waals surface area contributed by atoms with E-state index in [0.29, 0.717) is 19.6 Å². The lowest BCUT2D eigenvalue weighted by molar-refractivity contribution is 0.0746. The van der Waals surface area contributed by atoms with Crippen molar-refractivity contribution >= 4 is 22.9 Å². The van der Waals surface area contributed by atoms with Crippen molar-refractivity contribution in [2.24, 2.45) is 0 Å². The number of rotatable bonds is 5. The maximum Gasteiger partial charge on any atom is 0.255 e. The van der Waals surface area contributed by atoms with Crippen molar-refractivity contribution in [3.05, 3.63) is 82.2 Å². The fraction of sp³-hybridized carbons (Fsp3) is 0.280. The summed E-state index contributed by atoms with van der Waals surface area (Å²) in [5, 5.41) is 3.06. The monoisotopic (exact) mass is 446 g/mol. The lowest BCUT2D eigenvalue weighted by Gasteiger charge is -2.36. The summed E-state index contributed by atoms with van der Waals surface area (Å²) in [6.07, 6.45) is 1.68. The molecule has 32 heavy (non-hydrogen) atoms. The molecule has 0 N–H and O–H groups in total. The van der Waals surface area contributed by atoms with E-state index in [2.05, 4.69) is 44.1 Å². The fourth-order valence-electron chi connectivity index (χ4n) is 4.29. The minimum Gasteiger partial charge on any atom is -0.467 e. The first kappa shape index (κ1) is 20.6. The molecule has 7 heteroatoms. The zero-order chi connectivity index (χ0) is 22.1. The van der Waals surface area contributed by atoms with Gasteiger partial charge in [-0.2, -0.15) is 0 Å². The molecule has 1 fully saturated rings. The largest absolute Gasteiger partial charge is 0.467 e. The van der Waals surface area contributed by atoms with E-state index in [9.17, 15) is 4.79 Å². The van der Waals surface area contributed by atoms with E-state index in [1.54, 1.807) is 17.6 Å². The third-order valence-electron chi connectivity index (χ3n) is 6.06. The summed E-state index contributed by atoms with van der Waals surface area (Å²) in [6.45, 7) is 7.67. The molecule has 4 aromatic rings. The van der Waals surface area contributed by atoms with Gasteiger partial charge in [-0.15, -0.1) is 11.3 Å². The molecule has 4 heterocycles. The highest BCUT2D eigenvalue weighted by Gasteiger charge is 2.27. The Labute approximate surface area is 191 Å². The normalized spacial score (nSPS) is 14.2. The molecule has 1 aliphatic heterocycles. The van der Waals surface area contributed by atoms with Gasteiger partial charge in [0.05, 0.1) is 34.8 Å². The van der Waals surface area contributed by atoms with Crippen LogP contribution in [0.25, 0.3) is 11.4 Å². The van der Waals surface area contributed by atoms with Crippen LogP contribution in [0, 0.1) is 13.8 Å². The predicted molar refractivity (Wildman–Crippen MR) is 127 cm³/mol. The van der Waals surface area contributed by atoms with Crippen LogP contribution in [-0.2, 0) is 6.54 Å². The summed E-state index contributed by atoms with van der Waals surface area (Å²) < 4.78 is 7.73. The molecule has 1 amide bonds.